The summed E-state index contributed by atoms with van der Waals surface area (Å²) < 4.78 is 0. The van der Waals surface area contributed by atoms with Gasteiger partial charge in [0.1, 0.15) is 0 Å². The van der Waals surface area contributed by atoms with E-state index in [4.69, 9.17) is 0 Å². The van der Waals surface area contributed by atoms with Crippen molar-refractivity contribution in [2.75, 3.05) is 0 Å². The summed E-state index contributed by atoms with van der Waals surface area (Å²) in [6.07, 6.45) is 7.11. The molecule has 0 aromatic carbocycles. The van der Waals surface area contributed by atoms with Crippen LogP contribution < -0.4 is 0 Å². The molecule has 24 heavy (non-hydrogen) atoms. The van der Waals surface area contributed by atoms with E-state index in [9.17, 15) is 4.79 Å². The molecule has 0 atom stereocenters. The van der Waals surface area contributed by atoms with E-state index in [1.54, 1.807) is 22.7 Å². The van der Waals surface area contributed by atoms with Crippen molar-refractivity contribution in [2.24, 2.45) is 11.3 Å². The molecule has 2 heterocycles. The summed E-state index contributed by atoms with van der Waals surface area (Å²) in [7, 11) is 0. The van der Waals surface area contributed by atoms with E-state index in [0.29, 0.717) is 5.92 Å². The molecule has 3 rings (SSSR count). The van der Waals surface area contributed by atoms with E-state index >= 15 is 0 Å². The fraction of sp³-hybridized carbons (Fsp3) is 0.381. The van der Waals surface area contributed by atoms with Crippen LogP contribution in [0.5, 0.6) is 0 Å². The van der Waals surface area contributed by atoms with Crippen LogP contribution in [0.3, 0.4) is 0 Å². The van der Waals surface area contributed by atoms with Crippen molar-refractivity contribution in [1.82, 2.24) is 0 Å². The lowest BCUT2D eigenvalue weighted by molar-refractivity contribution is -0.113. The van der Waals surface area contributed by atoms with Crippen LogP contribution >= 0.6 is 22.7 Å². The number of hydrogen-bond acceptors (Lipinski definition) is 3. The molecule has 0 bridgehead atoms. The number of ketones is 1. The SMILES string of the molecule is CCC(C)(C)C1C/C(=C/c2cccs2)C(=O)/C(=C\c2cccs2)C1. The topological polar surface area (TPSA) is 17.1 Å². The Morgan fingerprint density at radius 3 is 1.92 bits per heavy atom. The van der Waals surface area contributed by atoms with Crippen molar-refractivity contribution in [3.05, 3.63) is 55.9 Å². The molecule has 1 aliphatic rings. The lowest BCUT2D eigenvalue weighted by atomic mass is 9.66. The van der Waals surface area contributed by atoms with E-state index in [2.05, 4.69) is 55.8 Å². The first-order chi connectivity index (χ1) is 11.5. The number of carbonyl (C=O) groups excluding carboxylic acids is 1. The number of Topliss-reactive ketones (excluding diaryl/α,β-unsaturated/α-hetero) is 1. The van der Waals surface area contributed by atoms with Gasteiger partial charge >= 0.3 is 0 Å². The molecule has 0 amide bonds. The average molecular weight is 357 g/mol. The largest absolute Gasteiger partial charge is 0.289 e. The van der Waals surface area contributed by atoms with Gasteiger partial charge in [-0.3, -0.25) is 4.79 Å². The molecule has 2 aromatic rings. The predicted molar refractivity (Wildman–Crippen MR) is 106 cm³/mol. The normalized spacial score (nSPS) is 22.5. The zero-order chi connectivity index (χ0) is 17.2. The van der Waals surface area contributed by atoms with Gasteiger partial charge < -0.3 is 0 Å². The van der Waals surface area contributed by atoms with Gasteiger partial charge in [-0.25, -0.2) is 0 Å². The van der Waals surface area contributed by atoms with Crippen molar-refractivity contribution < 1.29 is 4.79 Å². The second-order valence-corrected chi connectivity index (χ2v) is 9.10. The molecule has 126 valence electrons. The minimum absolute atomic E-state index is 0.236. The fourth-order valence-corrected chi connectivity index (χ4v) is 4.54. The highest BCUT2D eigenvalue weighted by Gasteiger charge is 2.36. The van der Waals surface area contributed by atoms with E-state index in [1.807, 2.05) is 12.1 Å². The Morgan fingerprint density at radius 2 is 1.54 bits per heavy atom. The van der Waals surface area contributed by atoms with Gasteiger partial charge in [0.15, 0.2) is 5.78 Å². The molecule has 2 aromatic heterocycles. The molecule has 1 aliphatic carbocycles. The number of hydrogen-bond donors (Lipinski definition) is 0. The number of rotatable bonds is 4. The minimum Gasteiger partial charge on any atom is -0.289 e. The zero-order valence-electron chi connectivity index (χ0n) is 14.5. The smallest absolute Gasteiger partial charge is 0.185 e. The summed E-state index contributed by atoms with van der Waals surface area (Å²) >= 11 is 3.39. The summed E-state index contributed by atoms with van der Waals surface area (Å²) in [5.74, 6) is 0.748. The van der Waals surface area contributed by atoms with Crippen molar-refractivity contribution in [1.29, 1.82) is 0 Å². The van der Waals surface area contributed by atoms with Gasteiger partial charge in [-0.15, -0.1) is 22.7 Å². The summed E-state index contributed by atoms with van der Waals surface area (Å²) in [4.78, 5) is 15.4. The molecule has 1 saturated carbocycles. The van der Waals surface area contributed by atoms with Crippen LogP contribution in [0.2, 0.25) is 0 Å². The van der Waals surface area contributed by atoms with Gasteiger partial charge in [-0.05, 0) is 59.2 Å². The van der Waals surface area contributed by atoms with Crippen LogP contribution in [0, 0.1) is 11.3 Å². The average Bonchev–Trinajstić information content (AvgIpc) is 3.24. The van der Waals surface area contributed by atoms with Gasteiger partial charge in [-0.1, -0.05) is 39.3 Å². The maximum atomic E-state index is 13.0. The predicted octanol–water partition coefficient (Wildman–Crippen LogP) is 6.69. The van der Waals surface area contributed by atoms with E-state index in [-0.39, 0.29) is 11.2 Å². The Labute approximate surface area is 152 Å². The van der Waals surface area contributed by atoms with Crippen LogP contribution in [0.4, 0.5) is 0 Å². The first kappa shape index (κ1) is 17.4. The maximum absolute atomic E-state index is 13.0. The van der Waals surface area contributed by atoms with Gasteiger partial charge in [0.2, 0.25) is 0 Å². The number of thiophene rings is 2. The quantitative estimate of drug-likeness (QED) is 0.558. The lowest BCUT2D eigenvalue weighted by Gasteiger charge is -2.37. The molecule has 0 unspecified atom stereocenters. The third-order valence-corrected chi connectivity index (χ3v) is 6.89. The lowest BCUT2D eigenvalue weighted by Crippen LogP contribution is -2.30. The second-order valence-electron chi connectivity index (χ2n) is 7.15. The molecule has 0 spiro atoms. The van der Waals surface area contributed by atoms with Crippen molar-refractivity contribution in [3.63, 3.8) is 0 Å². The van der Waals surface area contributed by atoms with E-state index in [1.165, 1.54) is 9.75 Å². The third kappa shape index (κ3) is 3.79. The minimum atomic E-state index is 0.236. The standard InChI is InChI=1S/C21H24OS2/c1-4-21(2,3)17-11-15(13-18-7-5-9-23-18)20(22)16(12-17)14-19-8-6-10-24-19/h5-10,13-14,17H,4,11-12H2,1-3H3/b15-13-,16-14-. The van der Waals surface area contributed by atoms with Crippen molar-refractivity contribution >= 4 is 40.6 Å². The molecule has 0 N–H and O–H groups in total. The first-order valence-corrected chi connectivity index (χ1v) is 10.3. The second kappa shape index (κ2) is 7.20. The van der Waals surface area contributed by atoms with Crippen LogP contribution in [-0.4, -0.2) is 5.78 Å². The van der Waals surface area contributed by atoms with E-state index in [0.717, 1.165) is 30.4 Å². The highest BCUT2D eigenvalue weighted by molar-refractivity contribution is 7.11. The summed E-state index contributed by atoms with van der Waals surface area (Å²) in [6, 6.07) is 8.25. The zero-order valence-corrected chi connectivity index (χ0v) is 16.2. The van der Waals surface area contributed by atoms with Crippen LogP contribution in [0.15, 0.2) is 46.2 Å². The highest BCUT2D eigenvalue weighted by Crippen LogP contribution is 2.44. The molecule has 1 nitrogen and oxygen atoms in total. The fourth-order valence-electron chi connectivity index (χ4n) is 3.18. The Balaban J connectivity index is 1.98. The van der Waals surface area contributed by atoms with Gasteiger partial charge in [0, 0.05) is 20.9 Å². The number of carbonyl (C=O) groups is 1. The summed E-state index contributed by atoms with van der Waals surface area (Å²) in [6.45, 7) is 6.92. The highest BCUT2D eigenvalue weighted by atomic mass is 32.1. The molecular weight excluding hydrogens is 332 g/mol. The van der Waals surface area contributed by atoms with Gasteiger partial charge in [0.25, 0.3) is 0 Å². The maximum Gasteiger partial charge on any atom is 0.185 e. The van der Waals surface area contributed by atoms with Crippen LogP contribution in [0.1, 0.15) is 49.8 Å². The third-order valence-electron chi connectivity index (χ3n) is 5.25. The van der Waals surface area contributed by atoms with Crippen LogP contribution in [-0.2, 0) is 4.79 Å². The summed E-state index contributed by atoms with van der Waals surface area (Å²) in [5.41, 5.74) is 2.18. The first-order valence-electron chi connectivity index (χ1n) is 8.52. The Morgan fingerprint density at radius 1 is 1.04 bits per heavy atom. The molecule has 0 aliphatic heterocycles. The molecule has 3 heteroatoms. The molecule has 0 saturated heterocycles. The van der Waals surface area contributed by atoms with Crippen molar-refractivity contribution in [2.45, 2.75) is 40.0 Å². The Bertz CT molecular complexity index is 690. The van der Waals surface area contributed by atoms with E-state index < -0.39 is 0 Å². The number of allylic oxidation sites excluding steroid dienone is 2. The Kier molecular flexibility index (Phi) is 5.21. The molecular formula is C21H24OS2. The summed E-state index contributed by atoms with van der Waals surface area (Å²) in [5, 5.41) is 4.13. The van der Waals surface area contributed by atoms with Gasteiger partial charge in [0.05, 0.1) is 0 Å². The van der Waals surface area contributed by atoms with Crippen molar-refractivity contribution in [3.8, 4) is 0 Å². The monoisotopic (exact) mass is 356 g/mol. The van der Waals surface area contributed by atoms with Gasteiger partial charge in [-0.2, -0.15) is 0 Å². The Hall–Kier alpha value is -1.45. The van der Waals surface area contributed by atoms with Crippen LogP contribution in [0.25, 0.3) is 12.2 Å². The molecule has 1 fully saturated rings. The molecule has 0 radical (unpaired) electrons.